The molecule has 152 valence electrons. The van der Waals surface area contributed by atoms with Gasteiger partial charge >= 0.3 is 61.0 Å². The van der Waals surface area contributed by atoms with Crippen molar-refractivity contribution in [1.29, 1.82) is 10.8 Å². The number of hydrogen-bond donors (Lipinski definition) is 0. The second-order valence-corrected chi connectivity index (χ2v) is 33.1. The molecule has 0 aromatic heterocycles. The molecule has 0 aliphatic carbocycles. The molecule has 2 aromatic rings. The van der Waals surface area contributed by atoms with Gasteiger partial charge in [0.1, 0.15) is 22.2 Å². The van der Waals surface area contributed by atoms with Gasteiger partial charge < -0.3 is 0 Å². The van der Waals surface area contributed by atoms with E-state index in [0.29, 0.717) is 0 Å². The predicted molar refractivity (Wildman–Crippen MR) is 109 cm³/mol. The molecule has 0 aliphatic rings. The number of halogens is 6. The molecule has 0 bridgehead atoms. The molecule has 0 N–H and O–H groups in total. The number of diazo groups is 2. The van der Waals surface area contributed by atoms with Crippen molar-refractivity contribution in [2.45, 2.75) is 0 Å². The van der Waals surface area contributed by atoms with Crippen molar-refractivity contribution < 1.29 is 20.7 Å². The number of rotatable bonds is 2. The van der Waals surface area contributed by atoms with E-state index in [2.05, 4.69) is 9.95 Å². The van der Waals surface area contributed by atoms with Crippen molar-refractivity contribution in [3.63, 3.8) is 0 Å². The number of nitro groups is 2. The first kappa shape index (κ1) is 27.4. The Bertz CT molecular complexity index is 911. The predicted octanol–water partition coefficient (Wildman–Crippen LogP) is 8.22. The van der Waals surface area contributed by atoms with Crippen LogP contribution in [0.1, 0.15) is 0 Å². The van der Waals surface area contributed by atoms with E-state index in [-0.39, 0.29) is 32.8 Å². The van der Waals surface area contributed by atoms with E-state index in [1.165, 1.54) is 24.3 Å². The third kappa shape index (κ3) is 11.9. The molecule has 0 fully saturated rings. The minimum atomic E-state index is -3.36. The van der Waals surface area contributed by atoms with Crippen LogP contribution in [0.5, 0.6) is 0 Å². The van der Waals surface area contributed by atoms with Crippen LogP contribution in [0, 0.1) is 31.0 Å². The summed E-state index contributed by atoms with van der Waals surface area (Å²) < 4.78 is 0. The summed E-state index contributed by atoms with van der Waals surface area (Å²) in [5.74, 6) is 0. The number of hydrogen-bond acceptors (Lipinski definition) is 6. The topological polar surface area (TPSA) is 143 Å². The van der Waals surface area contributed by atoms with Gasteiger partial charge in [-0.25, -0.2) is 0 Å². The Hall–Kier alpha value is -1.56. The van der Waals surface area contributed by atoms with E-state index in [4.69, 9.17) is 72.8 Å². The van der Waals surface area contributed by atoms with Crippen LogP contribution in [-0.2, 0) is 10.8 Å². The maximum atomic E-state index is 10.3. The molecule has 0 spiro atoms. The average molecular weight is 576 g/mol. The maximum absolute atomic E-state index is 10.3. The van der Waals surface area contributed by atoms with Crippen LogP contribution in [0.25, 0.3) is 9.95 Å². The molecule has 0 aliphatic heterocycles. The standard InChI is InChI=1S/2C6H3ClN3O2.4ClH.Zn/c2*7-5-2-1-4(9-8)3-6(5)10(11)12;;;;;/h2*1-3H;4*1H;/q2*+1;;;;;+2/p-4. The SMILES string of the molecule is N#[N+]c1ccc(Cl)c([N+](=O)[O-])c1.N#[N+]c1ccc(Cl)c([N+](=O)[O-])c1.[Cl][Zn-2]([Cl])([Cl])[Cl]. The molecule has 0 amide bonds. The van der Waals surface area contributed by atoms with Crippen molar-refractivity contribution >= 4 is 84.7 Å². The van der Waals surface area contributed by atoms with E-state index < -0.39 is 20.7 Å². The van der Waals surface area contributed by atoms with Crippen LogP contribution >= 0.6 is 62.0 Å². The molecule has 0 saturated carbocycles. The normalized spacial score (nSPS) is 9.52. The van der Waals surface area contributed by atoms with Crippen molar-refractivity contribution in [3.8, 4) is 0 Å². The number of nitrogens with zero attached hydrogens (tertiary/aromatic N) is 6. The fraction of sp³-hybridized carbons (Fsp3) is 0. The van der Waals surface area contributed by atoms with Gasteiger partial charge in [0.15, 0.2) is 9.95 Å². The Morgan fingerprint density at radius 2 is 1.03 bits per heavy atom. The van der Waals surface area contributed by atoms with E-state index in [9.17, 15) is 20.2 Å². The van der Waals surface area contributed by atoms with Gasteiger partial charge in [0.05, 0.1) is 9.85 Å². The van der Waals surface area contributed by atoms with Crippen molar-refractivity contribution in [1.82, 2.24) is 0 Å². The Morgan fingerprint density at radius 3 is 1.24 bits per heavy atom. The van der Waals surface area contributed by atoms with Crippen LogP contribution in [-0.4, -0.2) is 9.85 Å². The third-order valence-electron chi connectivity index (χ3n) is 2.48. The fourth-order valence-electron chi connectivity index (χ4n) is 1.41. The second-order valence-electron chi connectivity index (χ2n) is 4.59. The molecule has 10 nitrogen and oxygen atoms in total. The zero-order valence-corrected chi connectivity index (χ0v) is 21.3. The quantitative estimate of drug-likeness (QED) is 0.153. The van der Waals surface area contributed by atoms with Crippen LogP contribution in [0.3, 0.4) is 0 Å². The van der Waals surface area contributed by atoms with Gasteiger partial charge in [-0.05, 0) is 12.1 Å². The number of benzene rings is 2. The summed E-state index contributed by atoms with van der Waals surface area (Å²) in [5.41, 5.74) is -0.337. The van der Waals surface area contributed by atoms with Crippen molar-refractivity contribution in [2.75, 3.05) is 0 Å². The Labute approximate surface area is 191 Å². The van der Waals surface area contributed by atoms with Gasteiger partial charge in [0, 0.05) is 12.1 Å². The summed E-state index contributed by atoms with van der Waals surface area (Å²) in [6, 6.07) is 7.51. The molecule has 2 rings (SSSR count). The van der Waals surface area contributed by atoms with Crippen LogP contribution in [0.2, 0.25) is 10.0 Å². The first-order chi connectivity index (χ1) is 13.3. The second kappa shape index (κ2) is 12.9. The summed E-state index contributed by atoms with van der Waals surface area (Å²) in [6.07, 6.45) is 0. The Kier molecular flexibility index (Phi) is 12.2. The molecular formula is C12H6Cl6N6O4Zn. The van der Waals surface area contributed by atoms with Crippen LogP contribution in [0.15, 0.2) is 36.4 Å². The van der Waals surface area contributed by atoms with Crippen molar-refractivity contribution in [3.05, 3.63) is 76.6 Å². The molecule has 0 saturated heterocycles. The first-order valence-electron chi connectivity index (χ1n) is 6.95. The first-order valence-corrected chi connectivity index (χ1v) is 23.3. The average Bonchev–Trinajstić information content (AvgIpc) is 2.61. The molecular weight excluding hydrogens is 570 g/mol. The van der Waals surface area contributed by atoms with E-state index in [1.807, 2.05) is 0 Å². The molecule has 29 heavy (non-hydrogen) atoms. The van der Waals surface area contributed by atoms with Gasteiger partial charge in [-0.1, -0.05) is 23.2 Å². The zero-order valence-electron chi connectivity index (χ0n) is 13.8. The molecule has 2 aromatic carbocycles. The monoisotopic (exact) mass is 572 g/mol. The van der Waals surface area contributed by atoms with Gasteiger partial charge in [-0.15, -0.1) is 0 Å². The summed E-state index contributed by atoms with van der Waals surface area (Å²) >= 11 is 11.0. The minimum absolute atomic E-state index is 0.0207. The number of nitro benzene ring substituents is 2. The molecule has 0 heterocycles. The van der Waals surface area contributed by atoms with Gasteiger partial charge in [0.25, 0.3) is 11.4 Å². The molecule has 17 heteroatoms. The Morgan fingerprint density at radius 1 is 0.759 bits per heavy atom. The summed E-state index contributed by atoms with van der Waals surface area (Å²) in [7, 11) is 16.8. The van der Waals surface area contributed by atoms with Gasteiger partial charge in [-0.2, -0.15) is 0 Å². The summed E-state index contributed by atoms with van der Waals surface area (Å²) in [5, 5.41) is 37.2. The van der Waals surface area contributed by atoms with E-state index >= 15 is 0 Å². The van der Waals surface area contributed by atoms with Crippen LogP contribution in [0.4, 0.5) is 22.7 Å². The van der Waals surface area contributed by atoms with E-state index in [1.54, 1.807) is 0 Å². The summed E-state index contributed by atoms with van der Waals surface area (Å²) in [4.78, 5) is 24.9. The molecule has 0 radical (unpaired) electrons. The molecule has 0 atom stereocenters. The van der Waals surface area contributed by atoms with E-state index in [0.717, 1.165) is 12.1 Å². The van der Waals surface area contributed by atoms with Crippen molar-refractivity contribution in [2.24, 2.45) is 0 Å². The van der Waals surface area contributed by atoms with Gasteiger partial charge in [0.2, 0.25) is 10.8 Å². The third-order valence-corrected chi connectivity index (χ3v) is 3.12. The molecule has 0 unspecified atom stereocenters. The van der Waals surface area contributed by atoms with Gasteiger partial charge in [-0.3, -0.25) is 20.2 Å². The Balaban J connectivity index is 0.000000442. The fourth-order valence-corrected chi connectivity index (χ4v) is 1.78. The zero-order chi connectivity index (χ0) is 22.8. The summed E-state index contributed by atoms with van der Waals surface area (Å²) in [6.45, 7) is 0. The van der Waals surface area contributed by atoms with Crippen LogP contribution < -0.4 is 0 Å².